The van der Waals surface area contributed by atoms with Crippen molar-refractivity contribution in [2.75, 3.05) is 0 Å². The fraction of sp³-hybridized carbons (Fsp3) is 0.182. The van der Waals surface area contributed by atoms with Crippen LogP contribution in [0, 0.1) is 6.92 Å². The molecule has 0 fully saturated rings. The molecule has 0 atom stereocenters. The molecule has 0 spiro atoms. The summed E-state index contributed by atoms with van der Waals surface area (Å²) in [5, 5.41) is 22.4. The van der Waals surface area contributed by atoms with E-state index >= 15 is 0 Å². The first-order valence-corrected chi connectivity index (χ1v) is 5.03. The van der Waals surface area contributed by atoms with Gasteiger partial charge in [0.15, 0.2) is 0 Å². The quantitative estimate of drug-likeness (QED) is 0.698. The summed E-state index contributed by atoms with van der Waals surface area (Å²) in [6.45, 7) is 1.92. The van der Waals surface area contributed by atoms with Crippen molar-refractivity contribution in [3.8, 4) is 11.1 Å². The maximum Gasteiger partial charge on any atom is 0.488 e. The summed E-state index contributed by atoms with van der Waals surface area (Å²) in [5.41, 5.74) is 3.40. The highest BCUT2D eigenvalue weighted by molar-refractivity contribution is 6.58. The van der Waals surface area contributed by atoms with Crippen molar-refractivity contribution >= 4 is 12.6 Å². The van der Waals surface area contributed by atoms with Crippen LogP contribution in [0.2, 0.25) is 0 Å². The summed E-state index contributed by atoms with van der Waals surface area (Å²) < 4.78 is 1.71. The van der Waals surface area contributed by atoms with E-state index < -0.39 is 7.12 Å². The summed E-state index contributed by atoms with van der Waals surface area (Å²) >= 11 is 0. The van der Waals surface area contributed by atoms with Crippen LogP contribution in [0.15, 0.2) is 30.6 Å². The fourth-order valence-corrected chi connectivity index (χ4v) is 1.70. The van der Waals surface area contributed by atoms with Crippen LogP contribution < -0.4 is 5.46 Å². The third kappa shape index (κ3) is 2.15. The van der Waals surface area contributed by atoms with Gasteiger partial charge in [0.05, 0.1) is 6.20 Å². The zero-order chi connectivity index (χ0) is 11.7. The molecular formula is C11H13BN2O2. The molecule has 0 saturated heterocycles. The largest absolute Gasteiger partial charge is 0.488 e. The lowest BCUT2D eigenvalue weighted by molar-refractivity contribution is 0.426. The van der Waals surface area contributed by atoms with Gasteiger partial charge in [-0.3, -0.25) is 4.68 Å². The first-order chi connectivity index (χ1) is 7.56. The van der Waals surface area contributed by atoms with Gasteiger partial charge in [0.25, 0.3) is 0 Å². The van der Waals surface area contributed by atoms with Gasteiger partial charge in [0, 0.05) is 18.8 Å². The number of hydrogen-bond donors (Lipinski definition) is 2. The topological polar surface area (TPSA) is 58.3 Å². The summed E-state index contributed by atoms with van der Waals surface area (Å²) in [6, 6.07) is 5.50. The van der Waals surface area contributed by atoms with Crippen LogP contribution in [0.5, 0.6) is 0 Å². The Morgan fingerprint density at radius 3 is 2.50 bits per heavy atom. The molecule has 0 amide bonds. The minimum Gasteiger partial charge on any atom is -0.423 e. The average Bonchev–Trinajstić information content (AvgIpc) is 2.64. The van der Waals surface area contributed by atoms with Crippen molar-refractivity contribution in [1.29, 1.82) is 0 Å². The highest BCUT2D eigenvalue weighted by Gasteiger charge is 2.13. The summed E-state index contributed by atoms with van der Waals surface area (Å²) in [5.74, 6) is 0. The molecule has 16 heavy (non-hydrogen) atoms. The molecule has 0 radical (unpaired) electrons. The van der Waals surface area contributed by atoms with Gasteiger partial charge >= 0.3 is 7.12 Å². The molecule has 5 heteroatoms. The van der Waals surface area contributed by atoms with Crippen molar-refractivity contribution in [3.63, 3.8) is 0 Å². The van der Waals surface area contributed by atoms with Crippen molar-refractivity contribution < 1.29 is 10.0 Å². The predicted molar refractivity (Wildman–Crippen MR) is 63.2 cm³/mol. The number of aryl methyl sites for hydroxylation is 2. The molecule has 1 aromatic heterocycles. The van der Waals surface area contributed by atoms with Gasteiger partial charge < -0.3 is 10.0 Å². The second-order valence-electron chi connectivity index (χ2n) is 3.91. The molecule has 0 aliphatic heterocycles. The SMILES string of the molecule is Cc1cc(B(O)O)cc(-c2cnn(C)c2)c1. The van der Waals surface area contributed by atoms with Crippen molar-refractivity contribution in [2.45, 2.75) is 6.92 Å². The van der Waals surface area contributed by atoms with Gasteiger partial charge in [-0.25, -0.2) is 0 Å². The number of nitrogens with zero attached hydrogens (tertiary/aromatic N) is 2. The molecule has 0 aliphatic carbocycles. The third-order valence-corrected chi connectivity index (χ3v) is 2.44. The zero-order valence-electron chi connectivity index (χ0n) is 9.25. The van der Waals surface area contributed by atoms with E-state index in [-0.39, 0.29) is 0 Å². The van der Waals surface area contributed by atoms with Crippen LogP contribution in [0.3, 0.4) is 0 Å². The van der Waals surface area contributed by atoms with Gasteiger partial charge in [-0.2, -0.15) is 5.10 Å². The van der Waals surface area contributed by atoms with E-state index in [0.717, 1.165) is 16.7 Å². The van der Waals surface area contributed by atoms with Crippen LogP contribution in [-0.2, 0) is 7.05 Å². The normalized spacial score (nSPS) is 10.5. The lowest BCUT2D eigenvalue weighted by Gasteiger charge is -2.05. The summed E-state index contributed by atoms with van der Waals surface area (Å²) in [6.07, 6.45) is 3.64. The van der Waals surface area contributed by atoms with E-state index in [1.807, 2.05) is 26.2 Å². The third-order valence-electron chi connectivity index (χ3n) is 2.44. The zero-order valence-corrected chi connectivity index (χ0v) is 9.25. The van der Waals surface area contributed by atoms with E-state index in [1.54, 1.807) is 23.0 Å². The van der Waals surface area contributed by atoms with Crippen LogP contribution in [0.25, 0.3) is 11.1 Å². The molecule has 4 nitrogen and oxygen atoms in total. The monoisotopic (exact) mass is 216 g/mol. The second kappa shape index (κ2) is 4.12. The second-order valence-corrected chi connectivity index (χ2v) is 3.91. The molecule has 0 aliphatic rings. The van der Waals surface area contributed by atoms with Gasteiger partial charge in [0.1, 0.15) is 0 Å². The Bertz CT molecular complexity index is 508. The Morgan fingerprint density at radius 2 is 1.94 bits per heavy atom. The van der Waals surface area contributed by atoms with E-state index in [1.165, 1.54) is 0 Å². The Kier molecular flexibility index (Phi) is 2.81. The highest BCUT2D eigenvalue weighted by Crippen LogP contribution is 2.18. The fourth-order valence-electron chi connectivity index (χ4n) is 1.70. The van der Waals surface area contributed by atoms with E-state index in [2.05, 4.69) is 5.10 Å². The first kappa shape index (κ1) is 10.9. The molecule has 2 aromatic rings. The molecule has 0 bridgehead atoms. The van der Waals surface area contributed by atoms with Crippen molar-refractivity contribution in [2.24, 2.45) is 7.05 Å². The van der Waals surface area contributed by atoms with Crippen LogP contribution in [0.4, 0.5) is 0 Å². The van der Waals surface area contributed by atoms with Gasteiger partial charge in [-0.1, -0.05) is 23.8 Å². The maximum absolute atomic E-state index is 9.16. The molecule has 2 rings (SSSR count). The molecule has 2 N–H and O–H groups in total. The Labute approximate surface area is 94.3 Å². The number of benzene rings is 1. The minimum atomic E-state index is -1.43. The van der Waals surface area contributed by atoms with Crippen molar-refractivity contribution in [1.82, 2.24) is 9.78 Å². The maximum atomic E-state index is 9.16. The van der Waals surface area contributed by atoms with Crippen LogP contribution in [-0.4, -0.2) is 26.9 Å². The summed E-state index contributed by atoms with van der Waals surface area (Å²) in [7, 11) is 0.413. The summed E-state index contributed by atoms with van der Waals surface area (Å²) in [4.78, 5) is 0. The Hall–Kier alpha value is -1.59. The lowest BCUT2D eigenvalue weighted by Crippen LogP contribution is -2.30. The van der Waals surface area contributed by atoms with E-state index in [4.69, 9.17) is 10.0 Å². The Morgan fingerprint density at radius 1 is 1.19 bits per heavy atom. The molecule has 0 saturated carbocycles. The molecule has 82 valence electrons. The molecular weight excluding hydrogens is 203 g/mol. The average molecular weight is 216 g/mol. The number of hydrogen-bond acceptors (Lipinski definition) is 3. The van der Waals surface area contributed by atoms with Crippen LogP contribution >= 0.6 is 0 Å². The minimum absolute atomic E-state index is 0.499. The van der Waals surface area contributed by atoms with E-state index in [9.17, 15) is 0 Å². The standard InChI is InChI=1S/C11H13BN2O2/c1-8-3-9(5-11(4-8)12(15)16)10-6-13-14(2)7-10/h3-7,15-16H,1-2H3. The predicted octanol–water partition coefficient (Wildman–Crippen LogP) is 0.0753. The van der Waals surface area contributed by atoms with Gasteiger partial charge in [-0.05, 0) is 17.9 Å². The lowest BCUT2D eigenvalue weighted by atomic mass is 9.78. The smallest absolute Gasteiger partial charge is 0.423 e. The van der Waals surface area contributed by atoms with Crippen LogP contribution in [0.1, 0.15) is 5.56 Å². The van der Waals surface area contributed by atoms with Gasteiger partial charge in [-0.15, -0.1) is 0 Å². The molecule has 1 heterocycles. The first-order valence-electron chi connectivity index (χ1n) is 5.03. The number of rotatable bonds is 2. The number of aromatic nitrogens is 2. The highest BCUT2D eigenvalue weighted by atomic mass is 16.4. The van der Waals surface area contributed by atoms with Gasteiger partial charge in [0.2, 0.25) is 0 Å². The molecule has 1 aromatic carbocycles. The van der Waals surface area contributed by atoms with Crippen molar-refractivity contribution in [3.05, 3.63) is 36.2 Å². The van der Waals surface area contributed by atoms with E-state index in [0.29, 0.717) is 5.46 Å². The Balaban J connectivity index is 2.49. The molecule has 0 unspecified atom stereocenters.